The van der Waals surface area contributed by atoms with Gasteiger partial charge >= 0.3 is 5.97 Å². The van der Waals surface area contributed by atoms with Gasteiger partial charge < -0.3 is 14.6 Å². The maximum Gasteiger partial charge on any atom is 0.331 e. The average molecular weight is 443 g/mol. The number of fused-ring (bicyclic) bond motifs is 1. The highest BCUT2D eigenvalue weighted by molar-refractivity contribution is 5.80. The average Bonchev–Trinajstić information content (AvgIpc) is 3.16. The van der Waals surface area contributed by atoms with Gasteiger partial charge in [0.2, 0.25) is 0 Å². The lowest BCUT2D eigenvalue weighted by molar-refractivity contribution is -0.138. The van der Waals surface area contributed by atoms with Gasteiger partial charge in [0.05, 0.1) is 6.54 Å². The van der Waals surface area contributed by atoms with Crippen LogP contribution in [0.2, 0.25) is 0 Å². The largest absolute Gasteiger partial charge is 0.479 e. The molecule has 0 saturated heterocycles. The van der Waals surface area contributed by atoms with Crippen molar-refractivity contribution in [2.24, 2.45) is 0 Å². The van der Waals surface area contributed by atoms with E-state index in [4.69, 9.17) is 9.97 Å². The SMILES string of the molecule is CCc1nc2c(C)cc(C)nc2n1Cc1ccc(N(CC)C(C(=O)O)c2ccccc2)cc1. The molecule has 0 aliphatic heterocycles. The Bertz CT molecular complexity index is 1260. The molecular formula is C27H30N4O2. The first-order chi connectivity index (χ1) is 15.9. The van der Waals surface area contributed by atoms with Crippen LogP contribution in [0.25, 0.3) is 11.2 Å². The minimum Gasteiger partial charge on any atom is -0.479 e. The maximum absolute atomic E-state index is 12.1. The number of benzene rings is 2. The summed E-state index contributed by atoms with van der Waals surface area (Å²) in [7, 11) is 0. The molecule has 4 aromatic rings. The number of hydrogen-bond acceptors (Lipinski definition) is 4. The van der Waals surface area contributed by atoms with E-state index in [0.717, 1.165) is 51.5 Å². The van der Waals surface area contributed by atoms with Gasteiger partial charge in [0.1, 0.15) is 11.3 Å². The molecule has 0 bridgehead atoms. The molecule has 33 heavy (non-hydrogen) atoms. The predicted octanol–water partition coefficient (Wildman–Crippen LogP) is 5.31. The summed E-state index contributed by atoms with van der Waals surface area (Å²) >= 11 is 0. The number of carboxylic acid groups (broad SMARTS) is 1. The van der Waals surface area contributed by atoms with Gasteiger partial charge in [-0.1, -0.05) is 49.4 Å². The topological polar surface area (TPSA) is 71.2 Å². The van der Waals surface area contributed by atoms with Crippen LogP contribution in [0.4, 0.5) is 5.69 Å². The predicted molar refractivity (Wildman–Crippen MR) is 132 cm³/mol. The Labute approximate surface area is 194 Å². The van der Waals surface area contributed by atoms with E-state index in [9.17, 15) is 9.90 Å². The van der Waals surface area contributed by atoms with E-state index >= 15 is 0 Å². The Hall–Kier alpha value is -3.67. The Kier molecular flexibility index (Phi) is 6.45. The molecule has 0 amide bonds. The molecule has 0 saturated carbocycles. The summed E-state index contributed by atoms with van der Waals surface area (Å²) in [5.74, 6) is 0.155. The Morgan fingerprint density at radius 3 is 2.33 bits per heavy atom. The van der Waals surface area contributed by atoms with Crippen LogP contribution in [0.1, 0.15) is 48.1 Å². The van der Waals surface area contributed by atoms with Gasteiger partial charge in [0.15, 0.2) is 11.7 Å². The molecule has 2 aromatic carbocycles. The fourth-order valence-corrected chi connectivity index (χ4v) is 4.47. The second-order valence-electron chi connectivity index (χ2n) is 8.32. The van der Waals surface area contributed by atoms with Crippen LogP contribution in [0.3, 0.4) is 0 Å². The second kappa shape index (κ2) is 9.45. The first-order valence-electron chi connectivity index (χ1n) is 11.4. The molecule has 0 fully saturated rings. The Morgan fingerprint density at radius 1 is 1.03 bits per heavy atom. The van der Waals surface area contributed by atoms with Gasteiger partial charge in [-0.3, -0.25) is 0 Å². The smallest absolute Gasteiger partial charge is 0.331 e. The van der Waals surface area contributed by atoms with E-state index in [-0.39, 0.29) is 0 Å². The lowest BCUT2D eigenvalue weighted by Crippen LogP contribution is -2.34. The summed E-state index contributed by atoms with van der Waals surface area (Å²) < 4.78 is 2.19. The summed E-state index contributed by atoms with van der Waals surface area (Å²) in [6.07, 6.45) is 0.827. The number of anilines is 1. The lowest BCUT2D eigenvalue weighted by Gasteiger charge is -2.30. The van der Waals surface area contributed by atoms with Crippen molar-refractivity contribution in [3.05, 3.63) is 88.9 Å². The quantitative estimate of drug-likeness (QED) is 0.400. The highest BCUT2D eigenvalue weighted by Gasteiger charge is 2.26. The third-order valence-corrected chi connectivity index (χ3v) is 6.03. The molecule has 0 spiro atoms. The van der Waals surface area contributed by atoms with E-state index in [2.05, 4.69) is 36.6 Å². The van der Waals surface area contributed by atoms with Crippen LogP contribution in [-0.4, -0.2) is 32.2 Å². The molecule has 0 aliphatic carbocycles. The number of imidazole rings is 1. The minimum absolute atomic E-state index is 0.583. The monoisotopic (exact) mass is 442 g/mol. The number of likely N-dealkylation sites (N-methyl/N-ethyl adjacent to an activating group) is 1. The number of carboxylic acids is 1. The van der Waals surface area contributed by atoms with Crippen molar-refractivity contribution in [3.8, 4) is 0 Å². The summed E-state index contributed by atoms with van der Waals surface area (Å²) in [5, 5.41) is 9.96. The van der Waals surface area contributed by atoms with E-state index < -0.39 is 12.0 Å². The van der Waals surface area contributed by atoms with Crippen LogP contribution in [0, 0.1) is 13.8 Å². The molecule has 2 aromatic heterocycles. The zero-order valence-electron chi connectivity index (χ0n) is 19.6. The van der Waals surface area contributed by atoms with Crippen molar-refractivity contribution in [3.63, 3.8) is 0 Å². The molecule has 4 rings (SSSR count). The lowest BCUT2D eigenvalue weighted by atomic mass is 10.0. The number of hydrogen-bond donors (Lipinski definition) is 1. The number of pyridine rings is 1. The van der Waals surface area contributed by atoms with Gasteiger partial charge in [-0.25, -0.2) is 14.8 Å². The number of aryl methyl sites for hydroxylation is 3. The third-order valence-electron chi connectivity index (χ3n) is 6.03. The number of aliphatic carboxylic acids is 1. The van der Waals surface area contributed by atoms with Crippen LogP contribution < -0.4 is 4.90 Å². The van der Waals surface area contributed by atoms with Crippen LogP contribution >= 0.6 is 0 Å². The summed E-state index contributed by atoms with van der Waals surface area (Å²) in [4.78, 5) is 23.7. The Balaban J connectivity index is 1.65. The number of carbonyl (C=O) groups is 1. The van der Waals surface area contributed by atoms with Crippen molar-refractivity contribution in [1.82, 2.24) is 14.5 Å². The fourth-order valence-electron chi connectivity index (χ4n) is 4.47. The second-order valence-corrected chi connectivity index (χ2v) is 8.32. The number of aromatic nitrogens is 3. The molecule has 1 N–H and O–H groups in total. The zero-order valence-corrected chi connectivity index (χ0v) is 19.6. The van der Waals surface area contributed by atoms with Gasteiger partial charge in [0.25, 0.3) is 0 Å². The van der Waals surface area contributed by atoms with Gasteiger partial charge in [-0.15, -0.1) is 0 Å². The summed E-state index contributed by atoms with van der Waals surface area (Å²) in [5.41, 5.74) is 6.77. The van der Waals surface area contributed by atoms with E-state index in [1.165, 1.54) is 0 Å². The number of nitrogens with zero attached hydrogens (tertiary/aromatic N) is 4. The standard InChI is InChI=1S/C27H30N4O2/c1-5-23-29-24-18(3)16-19(4)28-26(24)31(23)17-20-12-14-22(15-13-20)30(6-2)25(27(32)33)21-10-8-7-9-11-21/h7-16,25H,5-6,17H2,1-4H3,(H,32,33). The minimum atomic E-state index is -0.860. The maximum atomic E-state index is 12.1. The highest BCUT2D eigenvalue weighted by atomic mass is 16.4. The van der Waals surface area contributed by atoms with Crippen molar-refractivity contribution < 1.29 is 9.90 Å². The van der Waals surface area contributed by atoms with Crippen molar-refractivity contribution in [1.29, 1.82) is 0 Å². The molecule has 170 valence electrons. The Morgan fingerprint density at radius 2 is 1.73 bits per heavy atom. The third kappa shape index (κ3) is 4.46. The molecule has 2 heterocycles. The normalized spacial score (nSPS) is 12.1. The first-order valence-corrected chi connectivity index (χ1v) is 11.4. The molecule has 1 unspecified atom stereocenters. The van der Waals surface area contributed by atoms with Gasteiger partial charge in [-0.2, -0.15) is 0 Å². The number of rotatable bonds is 8. The molecule has 0 radical (unpaired) electrons. The molecule has 6 nitrogen and oxygen atoms in total. The van der Waals surface area contributed by atoms with Crippen LogP contribution in [0.5, 0.6) is 0 Å². The molecular weight excluding hydrogens is 412 g/mol. The first kappa shape index (κ1) is 22.5. The zero-order chi connectivity index (χ0) is 23.5. The molecule has 6 heteroatoms. The van der Waals surface area contributed by atoms with Crippen LogP contribution in [-0.2, 0) is 17.8 Å². The highest BCUT2D eigenvalue weighted by Crippen LogP contribution is 2.28. The summed E-state index contributed by atoms with van der Waals surface area (Å²) in [6, 6.07) is 18.9. The van der Waals surface area contributed by atoms with E-state index in [0.29, 0.717) is 13.1 Å². The van der Waals surface area contributed by atoms with Crippen molar-refractivity contribution in [2.75, 3.05) is 11.4 Å². The molecule has 1 atom stereocenters. The van der Waals surface area contributed by atoms with Crippen molar-refractivity contribution >= 4 is 22.8 Å². The molecule has 0 aliphatic rings. The van der Waals surface area contributed by atoms with Gasteiger partial charge in [-0.05, 0) is 55.7 Å². The fraction of sp³-hybridized carbons (Fsp3) is 0.296. The van der Waals surface area contributed by atoms with E-state index in [1.807, 2.05) is 61.2 Å². The van der Waals surface area contributed by atoms with E-state index in [1.54, 1.807) is 0 Å². The summed E-state index contributed by atoms with van der Waals surface area (Å²) in [6.45, 7) is 9.43. The van der Waals surface area contributed by atoms with Crippen LogP contribution in [0.15, 0.2) is 60.7 Å². The van der Waals surface area contributed by atoms with Gasteiger partial charge in [0, 0.05) is 24.3 Å². The van der Waals surface area contributed by atoms with Crippen molar-refractivity contribution in [2.45, 2.75) is 46.7 Å².